The van der Waals surface area contributed by atoms with Gasteiger partial charge < -0.3 is 10.1 Å². The van der Waals surface area contributed by atoms with E-state index in [1.807, 2.05) is 0 Å². The molecule has 3 aromatic rings. The van der Waals surface area contributed by atoms with Crippen LogP contribution in [0.2, 0.25) is 0 Å². The third-order valence-electron chi connectivity index (χ3n) is 4.51. The highest BCUT2D eigenvalue weighted by molar-refractivity contribution is 7.14. The third kappa shape index (κ3) is 6.32. The Morgan fingerprint density at radius 2 is 1.88 bits per heavy atom. The lowest BCUT2D eigenvalue weighted by Crippen LogP contribution is -2.30. The molecule has 13 heteroatoms. The first kappa shape index (κ1) is 24.3. The molecule has 1 heterocycles. The quantitative estimate of drug-likeness (QED) is 0.245. The van der Waals surface area contributed by atoms with Crippen LogP contribution in [0.15, 0.2) is 53.9 Å². The van der Waals surface area contributed by atoms with Crippen LogP contribution in [-0.2, 0) is 14.3 Å². The Kier molecular flexibility index (Phi) is 7.82. The summed E-state index contributed by atoms with van der Waals surface area (Å²) >= 11 is 1.12. The average molecular weight is 485 g/mol. The lowest BCUT2D eigenvalue weighted by molar-refractivity contribution is -0.384. The number of para-hydroxylation sites is 2. The maximum Gasteiger partial charge on any atom is 0.308 e. The van der Waals surface area contributed by atoms with Gasteiger partial charge in [0.1, 0.15) is 5.69 Å². The maximum absolute atomic E-state index is 12.4. The van der Waals surface area contributed by atoms with E-state index in [1.54, 1.807) is 17.5 Å². The third-order valence-corrected chi connectivity index (χ3v) is 5.27. The highest BCUT2D eigenvalue weighted by atomic mass is 32.1. The van der Waals surface area contributed by atoms with E-state index in [2.05, 4.69) is 15.6 Å². The summed E-state index contributed by atoms with van der Waals surface area (Å²) in [6, 6.07) is 12.0. The second-order valence-electron chi connectivity index (χ2n) is 6.92. The number of hydrogen-bond acceptors (Lipinski definition) is 10. The number of hydrogen-bond donors (Lipinski definition) is 2. The summed E-state index contributed by atoms with van der Waals surface area (Å²) in [6.07, 6.45) is -1.22. The zero-order valence-corrected chi connectivity index (χ0v) is 18.6. The molecular weight excluding hydrogens is 466 g/mol. The van der Waals surface area contributed by atoms with Crippen LogP contribution in [0.1, 0.15) is 13.3 Å². The molecule has 3 rings (SSSR count). The minimum Gasteiger partial charge on any atom is -0.452 e. The monoisotopic (exact) mass is 485 g/mol. The van der Waals surface area contributed by atoms with Gasteiger partial charge in [0.05, 0.1) is 22.0 Å². The molecule has 0 bridgehead atoms. The van der Waals surface area contributed by atoms with Crippen LogP contribution in [0.5, 0.6) is 0 Å². The van der Waals surface area contributed by atoms with Crippen LogP contribution in [0.25, 0.3) is 11.3 Å². The summed E-state index contributed by atoms with van der Waals surface area (Å²) in [5, 5.41) is 29.2. The van der Waals surface area contributed by atoms with Crippen LogP contribution in [0.4, 0.5) is 22.2 Å². The summed E-state index contributed by atoms with van der Waals surface area (Å²) in [7, 11) is 0. The Hall–Kier alpha value is -4.39. The van der Waals surface area contributed by atoms with Crippen LogP contribution >= 0.6 is 11.3 Å². The standard InChI is InChI=1S/C21H19N5O7S/c1-13(33-19(27)9-10-22-16-7-2-3-8-18(16)26(31)32)20(28)24-21-23-17(12-34-21)14-5-4-6-15(11-14)25(29)30/h2-8,11-13,22H,9-10H2,1H3,(H,23,24,28). The molecule has 0 radical (unpaired) electrons. The average Bonchev–Trinajstić information content (AvgIpc) is 3.27. The van der Waals surface area contributed by atoms with E-state index >= 15 is 0 Å². The zero-order chi connectivity index (χ0) is 24.7. The fourth-order valence-electron chi connectivity index (χ4n) is 2.84. The highest BCUT2D eigenvalue weighted by Crippen LogP contribution is 2.27. The van der Waals surface area contributed by atoms with Crippen molar-refractivity contribution in [2.24, 2.45) is 0 Å². The van der Waals surface area contributed by atoms with Gasteiger partial charge in [-0.3, -0.25) is 35.1 Å². The Morgan fingerprint density at radius 1 is 1.12 bits per heavy atom. The predicted octanol–water partition coefficient (Wildman–Crippen LogP) is 4.00. The molecule has 0 aliphatic carbocycles. The molecule has 176 valence electrons. The Labute approximate surface area is 196 Å². The fraction of sp³-hybridized carbons (Fsp3) is 0.190. The normalized spacial score (nSPS) is 11.3. The van der Waals surface area contributed by atoms with E-state index in [9.17, 15) is 29.8 Å². The lowest BCUT2D eigenvalue weighted by atomic mass is 10.1. The van der Waals surface area contributed by atoms with Crippen LogP contribution in [0, 0.1) is 20.2 Å². The number of esters is 1. The van der Waals surface area contributed by atoms with Gasteiger partial charge in [-0.1, -0.05) is 24.3 Å². The topological polar surface area (TPSA) is 167 Å². The number of nitrogens with zero attached hydrogens (tertiary/aromatic N) is 3. The van der Waals surface area contributed by atoms with Crippen LogP contribution in [0.3, 0.4) is 0 Å². The van der Waals surface area contributed by atoms with Gasteiger partial charge in [0, 0.05) is 35.7 Å². The SMILES string of the molecule is CC(OC(=O)CCNc1ccccc1[N+](=O)[O-])C(=O)Nc1nc(-c2cccc([N+](=O)[O-])c2)cs1. The van der Waals surface area contributed by atoms with Gasteiger partial charge in [-0.2, -0.15) is 0 Å². The van der Waals surface area contributed by atoms with Crippen molar-refractivity contribution in [3.05, 3.63) is 74.1 Å². The number of benzene rings is 2. The number of carbonyl (C=O) groups excluding carboxylic acids is 2. The summed E-state index contributed by atoms with van der Waals surface area (Å²) in [4.78, 5) is 49.6. The first-order chi connectivity index (χ1) is 16.2. The molecule has 34 heavy (non-hydrogen) atoms. The molecule has 0 saturated carbocycles. The van der Waals surface area contributed by atoms with E-state index in [0.29, 0.717) is 11.3 Å². The highest BCUT2D eigenvalue weighted by Gasteiger charge is 2.20. The number of rotatable bonds is 10. The van der Waals surface area contributed by atoms with Gasteiger partial charge in [-0.05, 0) is 13.0 Å². The zero-order valence-electron chi connectivity index (χ0n) is 17.8. The van der Waals surface area contributed by atoms with E-state index in [4.69, 9.17) is 4.74 Å². The van der Waals surface area contributed by atoms with Gasteiger partial charge in [-0.15, -0.1) is 11.3 Å². The molecule has 0 saturated heterocycles. The van der Waals surface area contributed by atoms with E-state index in [0.717, 1.165) is 11.3 Å². The first-order valence-electron chi connectivity index (χ1n) is 9.92. The molecule has 0 spiro atoms. The number of aromatic nitrogens is 1. The number of anilines is 2. The Bertz CT molecular complexity index is 1230. The second-order valence-corrected chi connectivity index (χ2v) is 7.78. The largest absolute Gasteiger partial charge is 0.452 e. The fourth-order valence-corrected chi connectivity index (χ4v) is 3.56. The van der Waals surface area contributed by atoms with Crippen molar-refractivity contribution in [1.82, 2.24) is 4.98 Å². The minimum atomic E-state index is -1.11. The molecular formula is C21H19N5O7S. The molecule has 2 aromatic carbocycles. The van der Waals surface area contributed by atoms with Crippen LogP contribution < -0.4 is 10.6 Å². The van der Waals surface area contributed by atoms with Crippen molar-refractivity contribution in [3.63, 3.8) is 0 Å². The molecule has 1 aromatic heterocycles. The molecule has 1 amide bonds. The number of ether oxygens (including phenoxy) is 1. The molecule has 0 fully saturated rings. The van der Waals surface area contributed by atoms with Crippen LogP contribution in [-0.4, -0.2) is 39.4 Å². The second kappa shape index (κ2) is 11.0. The first-order valence-corrected chi connectivity index (χ1v) is 10.8. The number of amides is 1. The van der Waals surface area contributed by atoms with Gasteiger partial charge in [0.25, 0.3) is 17.3 Å². The summed E-state index contributed by atoms with van der Waals surface area (Å²) in [5.74, 6) is -1.26. The molecule has 0 aliphatic heterocycles. The summed E-state index contributed by atoms with van der Waals surface area (Å²) < 4.78 is 5.11. The maximum atomic E-state index is 12.4. The van der Waals surface area contributed by atoms with Crippen molar-refractivity contribution in [2.45, 2.75) is 19.4 Å². The van der Waals surface area contributed by atoms with Gasteiger partial charge in [0.15, 0.2) is 11.2 Å². The lowest BCUT2D eigenvalue weighted by Gasteiger charge is -2.13. The number of nitrogens with one attached hydrogen (secondary N) is 2. The molecule has 12 nitrogen and oxygen atoms in total. The van der Waals surface area contributed by atoms with Crippen molar-refractivity contribution in [1.29, 1.82) is 0 Å². The molecule has 2 N–H and O–H groups in total. The van der Waals surface area contributed by atoms with Gasteiger partial charge in [0.2, 0.25) is 0 Å². The van der Waals surface area contributed by atoms with Gasteiger partial charge >= 0.3 is 5.97 Å². The predicted molar refractivity (Wildman–Crippen MR) is 125 cm³/mol. The molecule has 0 aliphatic rings. The number of nitro benzene ring substituents is 2. The Morgan fingerprint density at radius 3 is 2.62 bits per heavy atom. The van der Waals surface area contributed by atoms with E-state index < -0.39 is 27.8 Å². The Balaban J connectivity index is 1.50. The molecule has 1 unspecified atom stereocenters. The van der Waals surface area contributed by atoms with E-state index in [-0.39, 0.29) is 35.2 Å². The van der Waals surface area contributed by atoms with E-state index in [1.165, 1.54) is 43.3 Å². The van der Waals surface area contributed by atoms with Crippen molar-refractivity contribution in [3.8, 4) is 11.3 Å². The van der Waals surface area contributed by atoms with Crippen molar-refractivity contribution in [2.75, 3.05) is 17.2 Å². The number of thiazole rings is 1. The molecule has 1 atom stereocenters. The van der Waals surface area contributed by atoms with Crippen molar-refractivity contribution >= 4 is 45.4 Å². The summed E-state index contributed by atoms with van der Waals surface area (Å²) in [5.41, 5.74) is 1.06. The van der Waals surface area contributed by atoms with Crippen molar-refractivity contribution < 1.29 is 24.2 Å². The minimum absolute atomic E-state index is 0.0759. The van der Waals surface area contributed by atoms with Gasteiger partial charge in [-0.25, -0.2) is 4.98 Å². The number of nitro groups is 2. The number of carbonyl (C=O) groups is 2. The summed E-state index contributed by atoms with van der Waals surface area (Å²) in [6.45, 7) is 1.48. The number of non-ortho nitro benzene ring substituents is 1. The smallest absolute Gasteiger partial charge is 0.308 e.